The van der Waals surface area contributed by atoms with Crippen LogP contribution in [0.3, 0.4) is 0 Å². The van der Waals surface area contributed by atoms with Gasteiger partial charge in [-0.2, -0.15) is 0 Å². The van der Waals surface area contributed by atoms with Gasteiger partial charge in [0.25, 0.3) is 0 Å². The van der Waals surface area contributed by atoms with E-state index >= 15 is 0 Å². The van der Waals surface area contributed by atoms with Crippen LogP contribution in [0.25, 0.3) is 83.1 Å². The maximum atomic E-state index is 2.51. The molecule has 2 nitrogen and oxygen atoms in total. The molecule has 2 aliphatic rings. The summed E-state index contributed by atoms with van der Waals surface area (Å²) in [5, 5.41) is 2.48. The molecule has 1 spiro atoms. The average molecular weight is 995 g/mol. The van der Waals surface area contributed by atoms with Gasteiger partial charge in [0.1, 0.15) is 0 Å². The van der Waals surface area contributed by atoms with Crippen LogP contribution in [-0.2, 0) is 10.8 Å². The molecule has 0 amide bonds. The monoisotopic (exact) mass is 994 g/mol. The molecule has 0 radical (unpaired) electrons. The summed E-state index contributed by atoms with van der Waals surface area (Å²) in [6.07, 6.45) is 0. The van der Waals surface area contributed by atoms with Crippen LogP contribution >= 0.6 is 0 Å². The van der Waals surface area contributed by atoms with E-state index in [0.717, 1.165) is 39.4 Å². The van der Waals surface area contributed by atoms with Gasteiger partial charge in [-0.05, 0) is 138 Å². The van der Waals surface area contributed by atoms with Crippen molar-refractivity contribution in [2.24, 2.45) is 0 Å². The van der Waals surface area contributed by atoms with Gasteiger partial charge in [-0.3, -0.25) is 0 Å². The Morgan fingerprint density at radius 3 is 1.49 bits per heavy atom. The second-order valence-corrected chi connectivity index (χ2v) is 21.5. The Morgan fingerprint density at radius 2 is 0.769 bits per heavy atom. The Morgan fingerprint density at radius 1 is 0.282 bits per heavy atom. The van der Waals surface area contributed by atoms with Crippen LogP contribution in [0.1, 0.15) is 47.2 Å². The zero-order valence-electron chi connectivity index (χ0n) is 43.6. The number of nitrogens with zero attached hydrogens (tertiary/aromatic N) is 2. The molecule has 2 aliphatic carbocycles. The van der Waals surface area contributed by atoms with Gasteiger partial charge >= 0.3 is 0 Å². The first-order valence-corrected chi connectivity index (χ1v) is 27.3. The minimum atomic E-state index is -0.498. The Labute approximate surface area is 456 Å². The molecule has 15 rings (SSSR count). The van der Waals surface area contributed by atoms with E-state index in [1.807, 2.05) is 0 Å². The molecule has 1 heterocycles. The number of para-hydroxylation sites is 3. The summed E-state index contributed by atoms with van der Waals surface area (Å²) >= 11 is 0. The van der Waals surface area contributed by atoms with Crippen molar-refractivity contribution >= 4 is 38.9 Å². The minimum absolute atomic E-state index is 0.178. The Kier molecular flexibility index (Phi) is 10.5. The first-order chi connectivity index (χ1) is 38.5. The molecule has 1 aromatic heterocycles. The van der Waals surface area contributed by atoms with Crippen LogP contribution in [0.2, 0.25) is 0 Å². The molecule has 0 saturated heterocycles. The highest BCUT2D eigenvalue weighted by molar-refractivity contribution is 6.10. The topological polar surface area (TPSA) is 8.17 Å². The van der Waals surface area contributed by atoms with Crippen LogP contribution in [0.4, 0.5) is 17.1 Å². The summed E-state index contributed by atoms with van der Waals surface area (Å²) in [5.74, 6) is 0. The molecule has 0 saturated carbocycles. The van der Waals surface area contributed by atoms with Crippen molar-refractivity contribution in [3.8, 4) is 61.3 Å². The lowest BCUT2D eigenvalue weighted by atomic mass is 9.55. The average Bonchev–Trinajstić information content (AvgIpc) is 2.83. The summed E-state index contributed by atoms with van der Waals surface area (Å²) in [6.45, 7) is 4.79. The smallest absolute Gasteiger partial charge is 0.0719 e. The third-order valence-corrected chi connectivity index (χ3v) is 17.1. The van der Waals surface area contributed by atoms with E-state index < -0.39 is 5.41 Å². The molecular weight excluding hydrogens is 941 g/mol. The van der Waals surface area contributed by atoms with E-state index in [9.17, 15) is 0 Å². The highest BCUT2D eigenvalue weighted by Gasteiger charge is 2.53. The third kappa shape index (κ3) is 6.83. The van der Waals surface area contributed by atoms with E-state index in [1.165, 1.54) is 94.1 Å². The molecule has 368 valence electrons. The van der Waals surface area contributed by atoms with Gasteiger partial charge in [0, 0.05) is 38.8 Å². The predicted molar refractivity (Wildman–Crippen MR) is 327 cm³/mol. The second kappa shape index (κ2) is 17.9. The number of hydrogen-bond donors (Lipinski definition) is 0. The number of rotatable bonds is 8. The number of hydrogen-bond acceptors (Lipinski definition) is 1. The van der Waals surface area contributed by atoms with E-state index in [-0.39, 0.29) is 5.41 Å². The van der Waals surface area contributed by atoms with Gasteiger partial charge < -0.3 is 9.47 Å². The molecule has 0 bridgehead atoms. The Balaban J connectivity index is 0.964. The molecule has 0 N–H and O–H groups in total. The zero-order valence-corrected chi connectivity index (χ0v) is 43.6. The number of anilines is 3. The molecule has 0 unspecified atom stereocenters. The second-order valence-electron chi connectivity index (χ2n) is 21.5. The van der Waals surface area contributed by atoms with E-state index in [2.05, 4.69) is 315 Å². The summed E-state index contributed by atoms with van der Waals surface area (Å²) in [4.78, 5) is 2.51. The Bertz CT molecular complexity index is 4430. The minimum Gasteiger partial charge on any atom is -0.310 e. The highest BCUT2D eigenvalue weighted by atomic mass is 15.1. The van der Waals surface area contributed by atoms with Crippen molar-refractivity contribution in [1.82, 2.24) is 4.57 Å². The maximum Gasteiger partial charge on any atom is 0.0719 e. The van der Waals surface area contributed by atoms with E-state index in [4.69, 9.17) is 0 Å². The van der Waals surface area contributed by atoms with Crippen LogP contribution in [0, 0.1) is 0 Å². The van der Waals surface area contributed by atoms with Gasteiger partial charge in [0.15, 0.2) is 0 Å². The standard InChI is InChI=1S/C76H54N2/c1-75(2)68-38-17-19-40-70(68)76(71-41-20-18-39-69(71)75)66-37-16-13-34-61(66)65-50-56(45-47-67(65)76)77(72-42-21-14-35-62(72)60-33-12-11-32-59(60)58-31-10-9-30-57(58)51-24-5-3-6-25-51)55-29-23-26-52(48-55)53-44-46-64-63-36-15-22-43-73(63)78(74(64)49-53)54-27-7-4-8-28-54/h3-50H,1-2H3. The summed E-state index contributed by atoms with van der Waals surface area (Å²) < 4.78 is 2.41. The van der Waals surface area contributed by atoms with Crippen molar-refractivity contribution in [1.29, 1.82) is 0 Å². The molecule has 12 aromatic carbocycles. The predicted octanol–water partition coefficient (Wildman–Crippen LogP) is 19.9. The van der Waals surface area contributed by atoms with E-state index in [0.29, 0.717) is 0 Å². The number of aromatic nitrogens is 1. The normalized spacial score (nSPS) is 13.5. The maximum absolute atomic E-state index is 2.51. The van der Waals surface area contributed by atoms with Crippen molar-refractivity contribution in [3.05, 3.63) is 325 Å². The van der Waals surface area contributed by atoms with Gasteiger partial charge in [-0.1, -0.05) is 250 Å². The lowest BCUT2D eigenvalue weighted by Gasteiger charge is -2.46. The van der Waals surface area contributed by atoms with Gasteiger partial charge in [0.05, 0.1) is 22.1 Å². The molecule has 78 heavy (non-hydrogen) atoms. The van der Waals surface area contributed by atoms with Crippen molar-refractivity contribution in [3.63, 3.8) is 0 Å². The van der Waals surface area contributed by atoms with Gasteiger partial charge in [0.2, 0.25) is 0 Å². The van der Waals surface area contributed by atoms with Crippen LogP contribution in [-0.4, -0.2) is 4.57 Å². The first-order valence-electron chi connectivity index (χ1n) is 27.3. The molecule has 2 heteroatoms. The van der Waals surface area contributed by atoms with Crippen molar-refractivity contribution in [2.45, 2.75) is 24.7 Å². The first kappa shape index (κ1) is 45.6. The molecule has 0 fully saturated rings. The number of fused-ring (bicyclic) bond motifs is 12. The SMILES string of the molecule is CC1(C)c2ccccc2C2(c3ccccc3-c3cc(N(c4cccc(-c5ccc6c7ccccc7n(-c7ccccc7)c6c5)c4)c4ccccc4-c4ccccc4-c4ccccc4-c4ccccc4)ccc32)c2ccccc21. The molecule has 13 aromatic rings. The molecular formula is C76H54N2. The van der Waals surface area contributed by atoms with Crippen LogP contribution < -0.4 is 4.90 Å². The third-order valence-electron chi connectivity index (χ3n) is 17.1. The lowest BCUT2D eigenvalue weighted by Crippen LogP contribution is -2.40. The van der Waals surface area contributed by atoms with Crippen molar-refractivity contribution < 1.29 is 0 Å². The quantitative estimate of drug-likeness (QED) is 0.147. The van der Waals surface area contributed by atoms with Crippen LogP contribution in [0.15, 0.2) is 291 Å². The largest absolute Gasteiger partial charge is 0.310 e. The fourth-order valence-corrected chi connectivity index (χ4v) is 13.7. The summed E-state index contributed by atoms with van der Waals surface area (Å²) in [6, 6.07) is 108. The summed E-state index contributed by atoms with van der Waals surface area (Å²) in [7, 11) is 0. The highest BCUT2D eigenvalue weighted by Crippen LogP contribution is 2.63. The van der Waals surface area contributed by atoms with E-state index in [1.54, 1.807) is 0 Å². The zero-order chi connectivity index (χ0) is 52.0. The molecule has 0 atom stereocenters. The fourth-order valence-electron chi connectivity index (χ4n) is 13.7. The Hall–Kier alpha value is -9.76. The molecule has 0 aliphatic heterocycles. The number of benzene rings is 12. The van der Waals surface area contributed by atoms with Gasteiger partial charge in [-0.25, -0.2) is 0 Å². The summed E-state index contributed by atoms with van der Waals surface area (Å²) in [5.41, 5.74) is 26.1. The fraction of sp³-hybridized carbons (Fsp3) is 0.0526. The van der Waals surface area contributed by atoms with Crippen molar-refractivity contribution in [2.75, 3.05) is 4.90 Å². The van der Waals surface area contributed by atoms with Gasteiger partial charge in [-0.15, -0.1) is 0 Å². The van der Waals surface area contributed by atoms with Crippen LogP contribution in [0.5, 0.6) is 0 Å². The lowest BCUT2D eigenvalue weighted by molar-refractivity contribution is 0.563.